The lowest BCUT2D eigenvalue weighted by molar-refractivity contribution is 0.224. The van der Waals surface area contributed by atoms with Gasteiger partial charge in [-0.15, -0.1) is 0 Å². The SMILES string of the molecule is CCCCOc1c(OCCCC)c(OCCCC)c2c(OCCCC)c3ccccc3cc2c1OCCCC. The Bertz CT molecular complexity index is 1140. The van der Waals surface area contributed by atoms with E-state index in [1.54, 1.807) is 0 Å². The first kappa shape index (κ1) is 30.7. The van der Waals surface area contributed by atoms with Gasteiger partial charge in [0.15, 0.2) is 11.5 Å². The third-order valence-electron chi connectivity index (χ3n) is 6.81. The minimum atomic E-state index is 0.588. The minimum absolute atomic E-state index is 0.588. The maximum atomic E-state index is 6.60. The summed E-state index contributed by atoms with van der Waals surface area (Å²) in [4.78, 5) is 0. The maximum Gasteiger partial charge on any atom is 0.208 e. The molecule has 3 aromatic rings. The zero-order chi connectivity index (χ0) is 27.9. The molecule has 0 aromatic heterocycles. The third-order valence-corrected chi connectivity index (χ3v) is 6.81. The molecule has 0 amide bonds. The quantitative estimate of drug-likeness (QED) is 0.106. The molecule has 0 aliphatic rings. The lowest BCUT2D eigenvalue weighted by Gasteiger charge is -2.25. The van der Waals surface area contributed by atoms with Gasteiger partial charge < -0.3 is 23.7 Å². The van der Waals surface area contributed by atoms with E-state index in [4.69, 9.17) is 23.7 Å². The summed E-state index contributed by atoms with van der Waals surface area (Å²) in [6.07, 6.45) is 10.1. The highest BCUT2D eigenvalue weighted by atomic mass is 16.6. The lowest BCUT2D eigenvalue weighted by Crippen LogP contribution is -2.10. The Labute approximate surface area is 236 Å². The average Bonchev–Trinajstić information content (AvgIpc) is 2.95. The van der Waals surface area contributed by atoms with E-state index < -0.39 is 0 Å². The van der Waals surface area contributed by atoms with Crippen molar-refractivity contribution in [2.75, 3.05) is 33.0 Å². The second-order valence-electron chi connectivity index (χ2n) is 10.2. The molecule has 0 spiro atoms. The van der Waals surface area contributed by atoms with Crippen LogP contribution in [0.5, 0.6) is 28.7 Å². The Morgan fingerprint density at radius 2 is 0.846 bits per heavy atom. The molecule has 0 unspecified atom stereocenters. The van der Waals surface area contributed by atoms with E-state index in [-0.39, 0.29) is 0 Å². The Kier molecular flexibility index (Phi) is 13.4. The van der Waals surface area contributed by atoms with Gasteiger partial charge in [-0.25, -0.2) is 0 Å². The van der Waals surface area contributed by atoms with Crippen molar-refractivity contribution < 1.29 is 23.7 Å². The van der Waals surface area contributed by atoms with Crippen LogP contribution in [0.1, 0.15) is 98.8 Å². The van der Waals surface area contributed by atoms with E-state index >= 15 is 0 Å². The summed E-state index contributed by atoms with van der Waals surface area (Å²) in [5, 5.41) is 4.05. The Morgan fingerprint density at radius 1 is 0.436 bits per heavy atom. The van der Waals surface area contributed by atoms with Gasteiger partial charge in [-0.05, 0) is 43.6 Å². The van der Waals surface area contributed by atoms with Crippen molar-refractivity contribution in [1.29, 1.82) is 0 Å². The van der Waals surface area contributed by atoms with Crippen LogP contribution < -0.4 is 23.7 Å². The molecule has 5 nitrogen and oxygen atoms in total. The van der Waals surface area contributed by atoms with Crippen LogP contribution in [0.15, 0.2) is 30.3 Å². The van der Waals surface area contributed by atoms with Crippen LogP contribution in [0.4, 0.5) is 0 Å². The lowest BCUT2D eigenvalue weighted by atomic mass is 9.99. The van der Waals surface area contributed by atoms with Crippen molar-refractivity contribution in [3.8, 4) is 28.7 Å². The smallest absolute Gasteiger partial charge is 0.208 e. The summed E-state index contributed by atoms with van der Waals surface area (Å²) < 4.78 is 32.8. The molecule has 0 fully saturated rings. The second-order valence-corrected chi connectivity index (χ2v) is 10.2. The van der Waals surface area contributed by atoms with Gasteiger partial charge in [0.05, 0.1) is 38.4 Å². The molecule has 3 rings (SSSR count). The highest BCUT2D eigenvalue weighted by Gasteiger charge is 2.28. The molecular formula is C34H50O5. The second kappa shape index (κ2) is 17.0. The van der Waals surface area contributed by atoms with Gasteiger partial charge in [-0.1, -0.05) is 91.0 Å². The molecular weight excluding hydrogens is 488 g/mol. The molecule has 3 aromatic carbocycles. The van der Waals surface area contributed by atoms with Crippen LogP contribution in [-0.2, 0) is 0 Å². The van der Waals surface area contributed by atoms with Crippen molar-refractivity contribution in [3.05, 3.63) is 30.3 Å². The van der Waals surface area contributed by atoms with Gasteiger partial charge in [0.2, 0.25) is 11.5 Å². The monoisotopic (exact) mass is 538 g/mol. The zero-order valence-corrected chi connectivity index (χ0v) is 25.0. The standard InChI is InChI=1S/C34H50O5/c1-6-11-20-35-30-27-19-17-16-18-26(27)25-28-29(30)32(37-22-13-8-3)34(39-24-15-10-5)33(38-23-14-9-4)31(28)36-21-12-7-2/h16-19,25H,6-15,20-24H2,1-5H3. The summed E-state index contributed by atoms with van der Waals surface area (Å²) in [5.41, 5.74) is 0. The number of rotatable bonds is 20. The molecule has 0 heterocycles. The first-order valence-electron chi connectivity index (χ1n) is 15.4. The van der Waals surface area contributed by atoms with E-state index in [0.29, 0.717) is 50.3 Å². The normalized spacial score (nSPS) is 11.2. The van der Waals surface area contributed by atoms with E-state index in [2.05, 4.69) is 65.0 Å². The van der Waals surface area contributed by atoms with Crippen LogP contribution >= 0.6 is 0 Å². The molecule has 0 aliphatic heterocycles. The Morgan fingerprint density at radius 3 is 1.36 bits per heavy atom. The predicted molar refractivity (Wildman–Crippen MR) is 163 cm³/mol. The van der Waals surface area contributed by atoms with Crippen molar-refractivity contribution in [2.24, 2.45) is 0 Å². The molecule has 0 radical (unpaired) electrons. The molecule has 5 heteroatoms. The number of fused-ring (bicyclic) bond motifs is 2. The topological polar surface area (TPSA) is 46.2 Å². The molecule has 0 saturated heterocycles. The van der Waals surface area contributed by atoms with Crippen molar-refractivity contribution in [2.45, 2.75) is 98.8 Å². The van der Waals surface area contributed by atoms with Gasteiger partial charge in [0, 0.05) is 10.8 Å². The Balaban J connectivity index is 2.39. The number of hydrogen-bond acceptors (Lipinski definition) is 5. The molecule has 216 valence electrons. The maximum absolute atomic E-state index is 6.60. The molecule has 0 saturated carbocycles. The van der Waals surface area contributed by atoms with Crippen LogP contribution in [0, 0.1) is 0 Å². The summed E-state index contributed by atoms with van der Waals surface area (Å²) in [7, 11) is 0. The van der Waals surface area contributed by atoms with E-state index in [9.17, 15) is 0 Å². The largest absolute Gasteiger partial charge is 0.492 e. The third kappa shape index (κ3) is 8.09. The van der Waals surface area contributed by atoms with Gasteiger partial charge in [0.1, 0.15) is 5.75 Å². The number of benzene rings is 3. The highest BCUT2D eigenvalue weighted by Crippen LogP contribution is 2.55. The fourth-order valence-electron chi connectivity index (χ4n) is 4.45. The van der Waals surface area contributed by atoms with Gasteiger partial charge in [0.25, 0.3) is 0 Å². The molecule has 39 heavy (non-hydrogen) atoms. The van der Waals surface area contributed by atoms with Gasteiger partial charge in [-0.3, -0.25) is 0 Å². The fraction of sp³-hybridized carbons (Fsp3) is 0.588. The summed E-state index contributed by atoms with van der Waals surface area (Å²) in [6, 6.07) is 10.6. The summed E-state index contributed by atoms with van der Waals surface area (Å²) in [5.74, 6) is 3.58. The van der Waals surface area contributed by atoms with Crippen LogP contribution in [0.2, 0.25) is 0 Å². The number of ether oxygens (including phenoxy) is 5. The molecule has 0 atom stereocenters. The molecule has 0 N–H and O–H groups in total. The van der Waals surface area contributed by atoms with Crippen LogP contribution in [0.25, 0.3) is 21.5 Å². The fourth-order valence-corrected chi connectivity index (χ4v) is 4.45. The summed E-state index contributed by atoms with van der Waals surface area (Å²) >= 11 is 0. The van der Waals surface area contributed by atoms with Gasteiger partial charge in [-0.2, -0.15) is 0 Å². The van der Waals surface area contributed by atoms with Crippen molar-refractivity contribution in [1.82, 2.24) is 0 Å². The minimum Gasteiger partial charge on any atom is -0.492 e. The van der Waals surface area contributed by atoms with E-state index in [1.165, 1.54) is 0 Å². The summed E-state index contributed by atoms with van der Waals surface area (Å²) in [6.45, 7) is 13.9. The number of unbranched alkanes of at least 4 members (excludes halogenated alkanes) is 5. The van der Waals surface area contributed by atoms with E-state index in [1.807, 2.05) is 0 Å². The van der Waals surface area contributed by atoms with Crippen molar-refractivity contribution >= 4 is 21.5 Å². The van der Waals surface area contributed by atoms with Crippen molar-refractivity contribution in [3.63, 3.8) is 0 Å². The predicted octanol–water partition coefficient (Wildman–Crippen LogP) is 9.89. The van der Waals surface area contributed by atoms with E-state index in [0.717, 1.165) is 97.3 Å². The van der Waals surface area contributed by atoms with Crippen LogP contribution in [0.3, 0.4) is 0 Å². The zero-order valence-electron chi connectivity index (χ0n) is 25.0. The average molecular weight is 539 g/mol. The van der Waals surface area contributed by atoms with Gasteiger partial charge >= 0.3 is 0 Å². The Hall–Kier alpha value is -2.82. The first-order valence-corrected chi connectivity index (χ1v) is 15.4. The van der Waals surface area contributed by atoms with Crippen LogP contribution in [-0.4, -0.2) is 33.0 Å². The first-order chi connectivity index (χ1) is 19.2. The molecule has 0 bridgehead atoms. The molecule has 0 aliphatic carbocycles. The highest BCUT2D eigenvalue weighted by molar-refractivity contribution is 6.12. The number of hydrogen-bond donors (Lipinski definition) is 0.